The van der Waals surface area contributed by atoms with Gasteiger partial charge in [0, 0.05) is 29.2 Å². The van der Waals surface area contributed by atoms with Crippen molar-refractivity contribution in [1.29, 1.82) is 0 Å². The zero-order chi connectivity index (χ0) is 14.7. The van der Waals surface area contributed by atoms with Gasteiger partial charge in [-0.15, -0.1) is 0 Å². The van der Waals surface area contributed by atoms with E-state index in [2.05, 4.69) is 51.2 Å². The molecule has 2 aromatic rings. The fourth-order valence-corrected chi connectivity index (χ4v) is 3.91. The van der Waals surface area contributed by atoms with Crippen molar-refractivity contribution >= 4 is 15.9 Å². The molecule has 1 fully saturated rings. The number of aliphatic hydroxyl groups is 1. The van der Waals surface area contributed by atoms with Gasteiger partial charge in [-0.05, 0) is 46.0 Å². The third-order valence-corrected chi connectivity index (χ3v) is 4.91. The molecule has 1 aromatic heterocycles. The van der Waals surface area contributed by atoms with Gasteiger partial charge in [0.25, 0.3) is 0 Å². The van der Waals surface area contributed by atoms with Crippen LogP contribution in [-0.4, -0.2) is 15.7 Å². The fraction of sp³-hybridized carbons (Fsp3) is 0.389. The van der Waals surface area contributed by atoms with Crippen molar-refractivity contribution in [3.05, 3.63) is 64.4 Å². The standard InChI is InChI=1S/C18H20BrNO/c19-16-10-14(12-20-13-16)11-18(21)9-5-4-8-17(18)15-6-2-1-3-7-15/h1-3,6-7,10,12-13,17,21H,4-5,8-9,11H2. The summed E-state index contributed by atoms with van der Waals surface area (Å²) in [6.45, 7) is 0. The van der Waals surface area contributed by atoms with Crippen LogP contribution >= 0.6 is 15.9 Å². The highest BCUT2D eigenvalue weighted by Gasteiger charge is 2.39. The van der Waals surface area contributed by atoms with Gasteiger partial charge in [-0.3, -0.25) is 4.98 Å². The number of nitrogens with zero attached hydrogens (tertiary/aromatic N) is 1. The van der Waals surface area contributed by atoms with E-state index in [1.54, 1.807) is 6.20 Å². The van der Waals surface area contributed by atoms with Crippen LogP contribution < -0.4 is 0 Å². The monoisotopic (exact) mass is 345 g/mol. The van der Waals surface area contributed by atoms with Crippen LogP contribution in [0.15, 0.2) is 53.3 Å². The lowest BCUT2D eigenvalue weighted by Gasteiger charge is -2.40. The van der Waals surface area contributed by atoms with Crippen LogP contribution in [0, 0.1) is 0 Å². The third-order valence-electron chi connectivity index (χ3n) is 4.47. The van der Waals surface area contributed by atoms with Gasteiger partial charge in [-0.2, -0.15) is 0 Å². The number of halogens is 1. The van der Waals surface area contributed by atoms with Crippen molar-refractivity contribution in [1.82, 2.24) is 4.98 Å². The van der Waals surface area contributed by atoms with Crippen molar-refractivity contribution in [2.45, 2.75) is 43.6 Å². The molecule has 21 heavy (non-hydrogen) atoms. The lowest BCUT2D eigenvalue weighted by Crippen LogP contribution is -2.41. The van der Waals surface area contributed by atoms with Crippen LogP contribution in [0.2, 0.25) is 0 Å². The normalized spacial score (nSPS) is 25.7. The van der Waals surface area contributed by atoms with E-state index in [9.17, 15) is 5.11 Å². The molecular formula is C18H20BrNO. The van der Waals surface area contributed by atoms with Crippen molar-refractivity contribution in [2.75, 3.05) is 0 Å². The molecule has 1 N–H and O–H groups in total. The van der Waals surface area contributed by atoms with Crippen molar-refractivity contribution < 1.29 is 5.11 Å². The molecule has 1 aliphatic carbocycles. The maximum absolute atomic E-state index is 11.3. The average Bonchev–Trinajstić information content (AvgIpc) is 2.48. The Balaban J connectivity index is 1.88. The summed E-state index contributed by atoms with van der Waals surface area (Å²) < 4.78 is 0.968. The van der Waals surface area contributed by atoms with Crippen molar-refractivity contribution in [2.24, 2.45) is 0 Å². The minimum atomic E-state index is -0.665. The number of aromatic nitrogens is 1. The van der Waals surface area contributed by atoms with E-state index in [1.807, 2.05) is 12.3 Å². The molecule has 1 aromatic carbocycles. The summed E-state index contributed by atoms with van der Waals surface area (Å²) in [5, 5.41) is 11.3. The van der Waals surface area contributed by atoms with E-state index < -0.39 is 5.60 Å². The van der Waals surface area contributed by atoms with Gasteiger partial charge in [0.2, 0.25) is 0 Å². The lowest BCUT2D eigenvalue weighted by atomic mass is 9.69. The largest absolute Gasteiger partial charge is 0.389 e. The second-order valence-electron chi connectivity index (χ2n) is 6.00. The maximum atomic E-state index is 11.3. The molecule has 2 atom stereocenters. The first-order chi connectivity index (χ1) is 10.2. The zero-order valence-electron chi connectivity index (χ0n) is 12.0. The average molecular weight is 346 g/mol. The highest BCUT2D eigenvalue weighted by Crippen LogP contribution is 2.42. The second kappa shape index (κ2) is 6.29. The molecule has 3 heteroatoms. The summed E-state index contributed by atoms with van der Waals surface area (Å²) >= 11 is 3.46. The molecule has 0 amide bonds. The van der Waals surface area contributed by atoms with E-state index in [-0.39, 0.29) is 5.92 Å². The molecule has 3 rings (SSSR count). The van der Waals surface area contributed by atoms with Gasteiger partial charge in [0.05, 0.1) is 5.60 Å². The highest BCUT2D eigenvalue weighted by atomic mass is 79.9. The van der Waals surface area contributed by atoms with Gasteiger partial charge in [0.1, 0.15) is 0 Å². The first-order valence-corrected chi connectivity index (χ1v) is 8.33. The number of hydrogen-bond donors (Lipinski definition) is 1. The van der Waals surface area contributed by atoms with Crippen LogP contribution in [0.3, 0.4) is 0 Å². The smallest absolute Gasteiger partial charge is 0.0756 e. The van der Waals surface area contributed by atoms with Crippen molar-refractivity contribution in [3.63, 3.8) is 0 Å². The van der Waals surface area contributed by atoms with E-state index in [0.717, 1.165) is 29.3 Å². The Bertz CT molecular complexity index is 601. The van der Waals surface area contributed by atoms with Gasteiger partial charge in [0.15, 0.2) is 0 Å². The van der Waals surface area contributed by atoms with E-state index in [1.165, 1.54) is 12.0 Å². The molecular weight excluding hydrogens is 326 g/mol. The van der Waals surface area contributed by atoms with E-state index in [0.29, 0.717) is 6.42 Å². The molecule has 0 radical (unpaired) electrons. The Morgan fingerprint density at radius 3 is 2.76 bits per heavy atom. The van der Waals surface area contributed by atoms with Gasteiger partial charge in [-0.25, -0.2) is 0 Å². The summed E-state index contributed by atoms with van der Waals surface area (Å²) in [6, 6.07) is 12.5. The number of hydrogen-bond acceptors (Lipinski definition) is 2. The Hall–Kier alpha value is -1.19. The quantitative estimate of drug-likeness (QED) is 0.889. The van der Waals surface area contributed by atoms with Gasteiger partial charge in [-0.1, -0.05) is 43.2 Å². The van der Waals surface area contributed by atoms with Crippen LogP contribution in [0.4, 0.5) is 0 Å². The van der Waals surface area contributed by atoms with Gasteiger partial charge < -0.3 is 5.11 Å². The predicted molar refractivity (Wildman–Crippen MR) is 88.2 cm³/mol. The topological polar surface area (TPSA) is 33.1 Å². The summed E-state index contributed by atoms with van der Waals surface area (Å²) in [6.07, 6.45) is 8.52. The highest BCUT2D eigenvalue weighted by molar-refractivity contribution is 9.10. The predicted octanol–water partition coefficient (Wildman–Crippen LogP) is 4.48. The van der Waals surface area contributed by atoms with Crippen molar-refractivity contribution in [3.8, 4) is 0 Å². The molecule has 1 saturated carbocycles. The summed E-state index contributed by atoms with van der Waals surface area (Å²) in [5.74, 6) is 0.214. The molecule has 2 unspecified atom stereocenters. The minimum absolute atomic E-state index is 0.214. The molecule has 1 aliphatic rings. The number of benzene rings is 1. The molecule has 0 bridgehead atoms. The van der Waals surface area contributed by atoms with Crippen LogP contribution in [0.25, 0.3) is 0 Å². The van der Waals surface area contributed by atoms with E-state index >= 15 is 0 Å². The molecule has 110 valence electrons. The maximum Gasteiger partial charge on any atom is 0.0756 e. The summed E-state index contributed by atoms with van der Waals surface area (Å²) in [4.78, 5) is 4.22. The Morgan fingerprint density at radius 2 is 2.00 bits per heavy atom. The molecule has 2 nitrogen and oxygen atoms in total. The summed E-state index contributed by atoms with van der Waals surface area (Å²) in [7, 11) is 0. The third kappa shape index (κ3) is 3.35. The lowest BCUT2D eigenvalue weighted by molar-refractivity contribution is -0.0167. The van der Waals surface area contributed by atoms with E-state index in [4.69, 9.17) is 0 Å². The van der Waals surface area contributed by atoms with Crippen LogP contribution in [-0.2, 0) is 6.42 Å². The number of rotatable bonds is 3. The first-order valence-electron chi connectivity index (χ1n) is 7.54. The Kier molecular flexibility index (Phi) is 4.41. The Morgan fingerprint density at radius 1 is 1.19 bits per heavy atom. The minimum Gasteiger partial charge on any atom is -0.389 e. The first kappa shape index (κ1) is 14.7. The molecule has 0 saturated heterocycles. The molecule has 0 aliphatic heterocycles. The van der Waals surface area contributed by atoms with Crippen LogP contribution in [0.1, 0.15) is 42.7 Å². The van der Waals surface area contributed by atoms with Gasteiger partial charge >= 0.3 is 0 Å². The molecule has 0 spiro atoms. The number of pyridine rings is 1. The SMILES string of the molecule is OC1(Cc2cncc(Br)c2)CCCCC1c1ccccc1. The fourth-order valence-electron chi connectivity index (χ4n) is 3.50. The van der Waals surface area contributed by atoms with Crippen LogP contribution in [0.5, 0.6) is 0 Å². The molecule has 1 heterocycles. The summed E-state index contributed by atoms with van der Waals surface area (Å²) in [5.41, 5.74) is 1.68. The zero-order valence-corrected chi connectivity index (χ0v) is 13.6. The Labute approximate surface area is 134 Å². The second-order valence-corrected chi connectivity index (χ2v) is 6.92.